The molecule has 0 amide bonds. The molecule has 0 saturated heterocycles. The highest BCUT2D eigenvalue weighted by Crippen LogP contribution is 2.17. The molecule has 0 aliphatic carbocycles. The molecule has 0 unspecified atom stereocenters. The molecule has 0 saturated carbocycles. The summed E-state index contributed by atoms with van der Waals surface area (Å²) in [6.07, 6.45) is 0. The van der Waals surface area contributed by atoms with E-state index in [1.807, 2.05) is 31.2 Å². The number of aryl methyl sites for hydroxylation is 1. The molecule has 0 spiro atoms. The van der Waals surface area contributed by atoms with Crippen molar-refractivity contribution in [1.29, 1.82) is 0 Å². The Morgan fingerprint density at radius 3 is 2.57 bits per heavy atom. The molecular weight excluding hydrogens is 315 g/mol. The minimum atomic E-state index is -1.32. The van der Waals surface area contributed by atoms with E-state index < -0.39 is 10.8 Å². The third kappa shape index (κ3) is 3.90. The maximum atomic E-state index is 13.6. The standard InChI is InChI=1S/C17H15FN2O2S/c1-12-6-8-13(9-7-12)17-19-16(22-20-17)11-23(21)10-14-4-2-3-5-15(14)18/h2-9H,10-11H2,1H3/t23-/m0/s1. The molecule has 3 rings (SSSR count). The van der Waals surface area contributed by atoms with Crippen LogP contribution >= 0.6 is 0 Å². The van der Waals surface area contributed by atoms with Crippen molar-refractivity contribution in [3.8, 4) is 11.4 Å². The van der Waals surface area contributed by atoms with Crippen LogP contribution in [0.5, 0.6) is 0 Å². The zero-order chi connectivity index (χ0) is 16.2. The Morgan fingerprint density at radius 2 is 1.83 bits per heavy atom. The zero-order valence-corrected chi connectivity index (χ0v) is 13.3. The van der Waals surface area contributed by atoms with Crippen molar-refractivity contribution in [1.82, 2.24) is 10.1 Å². The number of benzene rings is 2. The predicted molar refractivity (Wildman–Crippen MR) is 86.4 cm³/mol. The quantitative estimate of drug-likeness (QED) is 0.717. The van der Waals surface area contributed by atoms with Crippen LogP contribution in [0.25, 0.3) is 11.4 Å². The summed E-state index contributed by atoms with van der Waals surface area (Å²) in [6.45, 7) is 2.00. The van der Waals surface area contributed by atoms with Gasteiger partial charge in [-0.25, -0.2) is 4.39 Å². The van der Waals surface area contributed by atoms with Gasteiger partial charge in [-0.15, -0.1) is 0 Å². The van der Waals surface area contributed by atoms with Crippen LogP contribution in [0, 0.1) is 12.7 Å². The summed E-state index contributed by atoms with van der Waals surface area (Å²) in [5.74, 6) is 0.618. The maximum absolute atomic E-state index is 13.6. The number of hydrogen-bond acceptors (Lipinski definition) is 4. The highest BCUT2D eigenvalue weighted by molar-refractivity contribution is 7.83. The Kier molecular flexibility index (Phi) is 4.62. The number of hydrogen-bond donors (Lipinski definition) is 0. The Bertz CT molecular complexity index is 831. The predicted octanol–water partition coefficient (Wildman–Crippen LogP) is 3.63. The van der Waals surface area contributed by atoms with Gasteiger partial charge in [0.15, 0.2) is 0 Å². The second kappa shape index (κ2) is 6.83. The van der Waals surface area contributed by atoms with Crippen LogP contribution in [0.1, 0.15) is 17.0 Å². The molecule has 0 N–H and O–H groups in total. The lowest BCUT2D eigenvalue weighted by atomic mass is 10.1. The molecule has 23 heavy (non-hydrogen) atoms. The minimum Gasteiger partial charge on any atom is -0.338 e. The molecule has 3 aromatic rings. The molecule has 4 nitrogen and oxygen atoms in total. The molecule has 0 fully saturated rings. The van der Waals surface area contributed by atoms with Gasteiger partial charge in [0.1, 0.15) is 11.6 Å². The Hall–Kier alpha value is -2.34. The smallest absolute Gasteiger partial charge is 0.239 e. The van der Waals surface area contributed by atoms with Gasteiger partial charge in [-0.3, -0.25) is 4.21 Å². The summed E-state index contributed by atoms with van der Waals surface area (Å²) in [5, 5.41) is 3.90. The fourth-order valence-corrected chi connectivity index (χ4v) is 3.19. The van der Waals surface area contributed by atoms with Crippen LogP contribution in [0.3, 0.4) is 0 Å². The van der Waals surface area contributed by atoms with E-state index in [0.29, 0.717) is 11.4 Å². The van der Waals surface area contributed by atoms with E-state index in [1.165, 1.54) is 6.07 Å². The van der Waals surface area contributed by atoms with E-state index in [-0.39, 0.29) is 23.2 Å². The molecule has 1 heterocycles. The third-order valence-electron chi connectivity index (χ3n) is 3.34. The first-order chi connectivity index (χ1) is 11.1. The minimum absolute atomic E-state index is 0.104. The van der Waals surface area contributed by atoms with Crippen LogP contribution in [0.15, 0.2) is 53.1 Å². The van der Waals surface area contributed by atoms with Gasteiger partial charge in [0.2, 0.25) is 11.7 Å². The molecule has 0 radical (unpaired) electrons. The number of halogens is 1. The SMILES string of the molecule is Cc1ccc(-c2noc(C[S@@](=O)Cc3ccccc3F)n2)cc1. The van der Waals surface area contributed by atoms with Gasteiger partial charge in [0, 0.05) is 21.9 Å². The first-order valence-corrected chi connectivity index (χ1v) is 8.58. The van der Waals surface area contributed by atoms with Crippen molar-refractivity contribution in [3.05, 3.63) is 71.4 Å². The second-order valence-electron chi connectivity index (χ2n) is 5.20. The largest absolute Gasteiger partial charge is 0.338 e. The van der Waals surface area contributed by atoms with E-state index in [4.69, 9.17) is 4.52 Å². The molecule has 0 aliphatic heterocycles. The lowest BCUT2D eigenvalue weighted by Crippen LogP contribution is -2.01. The van der Waals surface area contributed by atoms with Crippen LogP contribution in [-0.4, -0.2) is 14.3 Å². The molecule has 1 aromatic heterocycles. The van der Waals surface area contributed by atoms with E-state index in [1.54, 1.807) is 18.2 Å². The van der Waals surface area contributed by atoms with Crippen molar-refractivity contribution in [2.45, 2.75) is 18.4 Å². The fraction of sp³-hybridized carbons (Fsp3) is 0.176. The highest BCUT2D eigenvalue weighted by Gasteiger charge is 2.13. The molecule has 6 heteroatoms. The van der Waals surface area contributed by atoms with Crippen LogP contribution in [-0.2, 0) is 22.3 Å². The highest BCUT2D eigenvalue weighted by atomic mass is 32.2. The topological polar surface area (TPSA) is 56.0 Å². The maximum Gasteiger partial charge on any atom is 0.239 e. The van der Waals surface area contributed by atoms with Crippen LogP contribution in [0.2, 0.25) is 0 Å². The summed E-state index contributed by atoms with van der Waals surface area (Å²) in [7, 11) is -1.32. The molecule has 1 atom stereocenters. The van der Waals surface area contributed by atoms with Gasteiger partial charge in [-0.1, -0.05) is 53.2 Å². The van der Waals surface area contributed by atoms with Crippen molar-refractivity contribution < 1.29 is 13.1 Å². The Morgan fingerprint density at radius 1 is 1.09 bits per heavy atom. The third-order valence-corrected chi connectivity index (χ3v) is 4.54. The first kappa shape index (κ1) is 15.6. The average Bonchev–Trinajstić information content (AvgIpc) is 2.98. The molecule has 0 aliphatic rings. The number of aromatic nitrogens is 2. The molecule has 0 bridgehead atoms. The lowest BCUT2D eigenvalue weighted by molar-refractivity contribution is 0.390. The van der Waals surface area contributed by atoms with Gasteiger partial charge < -0.3 is 4.52 Å². The zero-order valence-electron chi connectivity index (χ0n) is 12.5. The summed E-state index contributed by atoms with van der Waals surface area (Å²) in [5.41, 5.74) is 2.40. The fourth-order valence-electron chi connectivity index (χ4n) is 2.11. The summed E-state index contributed by atoms with van der Waals surface area (Å²) < 4.78 is 30.8. The van der Waals surface area contributed by atoms with Gasteiger partial charge in [-0.05, 0) is 13.0 Å². The van der Waals surface area contributed by atoms with Gasteiger partial charge in [0.25, 0.3) is 0 Å². The normalized spacial score (nSPS) is 12.3. The Balaban J connectivity index is 1.68. The summed E-state index contributed by atoms with van der Waals surface area (Å²) >= 11 is 0. The van der Waals surface area contributed by atoms with Crippen molar-refractivity contribution in [2.75, 3.05) is 0 Å². The van der Waals surface area contributed by atoms with Crippen LogP contribution in [0.4, 0.5) is 4.39 Å². The summed E-state index contributed by atoms with van der Waals surface area (Å²) in [6, 6.07) is 14.0. The molecule has 2 aromatic carbocycles. The van der Waals surface area contributed by atoms with Crippen LogP contribution < -0.4 is 0 Å². The first-order valence-electron chi connectivity index (χ1n) is 7.10. The second-order valence-corrected chi connectivity index (χ2v) is 6.65. The van der Waals surface area contributed by atoms with Gasteiger partial charge in [-0.2, -0.15) is 4.98 Å². The number of nitrogens with zero attached hydrogens (tertiary/aromatic N) is 2. The summed E-state index contributed by atoms with van der Waals surface area (Å²) in [4.78, 5) is 4.25. The van der Waals surface area contributed by atoms with Crippen molar-refractivity contribution in [2.24, 2.45) is 0 Å². The van der Waals surface area contributed by atoms with E-state index in [0.717, 1.165) is 11.1 Å². The lowest BCUT2D eigenvalue weighted by Gasteiger charge is -2.01. The number of rotatable bonds is 5. The Labute approximate surface area is 135 Å². The van der Waals surface area contributed by atoms with E-state index >= 15 is 0 Å². The van der Waals surface area contributed by atoms with Crippen molar-refractivity contribution in [3.63, 3.8) is 0 Å². The average molecular weight is 330 g/mol. The van der Waals surface area contributed by atoms with Gasteiger partial charge >= 0.3 is 0 Å². The van der Waals surface area contributed by atoms with Gasteiger partial charge in [0.05, 0.1) is 5.75 Å². The monoisotopic (exact) mass is 330 g/mol. The van der Waals surface area contributed by atoms with E-state index in [2.05, 4.69) is 10.1 Å². The molecular formula is C17H15FN2O2S. The van der Waals surface area contributed by atoms with E-state index in [9.17, 15) is 8.60 Å². The van der Waals surface area contributed by atoms with Crippen molar-refractivity contribution >= 4 is 10.8 Å². The molecule has 118 valence electrons.